The van der Waals surface area contributed by atoms with E-state index in [1.807, 2.05) is 17.9 Å². The first kappa shape index (κ1) is 14.8. The molecule has 0 unspecified atom stereocenters. The molecular weight excluding hydrogens is 257 g/mol. The summed E-state index contributed by atoms with van der Waals surface area (Å²) < 4.78 is 14.1. The topological polar surface area (TPSA) is 72.3 Å². The van der Waals surface area contributed by atoms with Crippen molar-refractivity contribution >= 4 is 11.6 Å². The van der Waals surface area contributed by atoms with Gasteiger partial charge in [0.15, 0.2) is 0 Å². The molecule has 0 aliphatic carbocycles. The highest BCUT2D eigenvalue weighted by Gasteiger charge is 2.24. The smallest absolute Gasteiger partial charge is 0.217 e. The number of carbonyl (C=O) groups is 1. The molecule has 0 spiro atoms. The van der Waals surface area contributed by atoms with E-state index < -0.39 is 0 Å². The number of nitrogens with zero attached hydrogens (tertiary/aromatic N) is 1. The fraction of sp³-hybridized carbons (Fsp3) is 0.533. The second kappa shape index (κ2) is 6.22. The van der Waals surface area contributed by atoms with Crippen LogP contribution in [0.15, 0.2) is 18.2 Å². The van der Waals surface area contributed by atoms with Crippen molar-refractivity contribution in [1.82, 2.24) is 0 Å². The minimum atomic E-state index is -0.259. The van der Waals surface area contributed by atoms with E-state index in [-0.39, 0.29) is 17.8 Å². The summed E-state index contributed by atoms with van der Waals surface area (Å²) in [5.41, 5.74) is 12.6. The van der Waals surface area contributed by atoms with Crippen LogP contribution in [0.5, 0.6) is 0 Å². The quantitative estimate of drug-likeness (QED) is 0.884. The average Bonchev–Trinajstić information content (AvgIpc) is 2.39. The molecule has 4 nitrogen and oxygen atoms in total. The van der Waals surface area contributed by atoms with E-state index in [2.05, 4.69) is 0 Å². The van der Waals surface area contributed by atoms with Gasteiger partial charge in [0, 0.05) is 25.6 Å². The standard InChI is InChI=1S/C15H22FN3O/c1-10(17)12-3-2-4-13(16)15(12)19-7-5-11(6-8-19)9-14(18)20/h2-4,10-11H,5-9,17H2,1H3,(H2,18,20)/t10-/m1/s1. The van der Waals surface area contributed by atoms with Crippen molar-refractivity contribution in [1.29, 1.82) is 0 Å². The Morgan fingerprint density at radius 3 is 2.65 bits per heavy atom. The summed E-state index contributed by atoms with van der Waals surface area (Å²) in [6.45, 7) is 3.33. The van der Waals surface area contributed by atoms with Crippen LogP contribution in [-0.4, -0.2) is 19.0 Å². The molecule has 2 rings (SSSR count). The van der Waals surface area contributed by atoms with Crippen LogP contribution in [0.25, 0.3) is 0 Å². The van der Waals surface area contributed by atoms with Gasteiger partial charge < -0.3 is 16.4 Å². The third-order valence-electron chi connectivity index (χ3n) is 3.93. The number of hydrogen-bond donors (Lipinski definition) is 2. The summed E-state index contributed by atoms with van der Waals surface area (Å²) in [5.74, 6) is -0.173. The molecular formula is C15H22FN3O. The van der Waals surface area contributed by atoms with Crippen LogP contribution in [0, 0.1) is 11.7 Å². The van der Waals surface area contributed by atoms with E-state index in [9.17, 15) is 9.18 Å². The third kappa shape index (κ3) is 3.28. The van der Waals surface area contributed by atoms with Gasteiger partial charge in [0.2, 0.25) is 5.91 Å². The number of benzene rings is 1. The highest BCUT2D eigenvalue weighted by molar-refractivity contribution is 5.74. The molecule has 1 aliphatic heterocycles. The molecule has 1 aromatic carbocycles. The Morgan fingerprint density at radius 2 is 2.10 bits per heavy atom. The van der Waals surface area contributed by atoms with E-state index in [1.54, 1.807) is 6.07 Å². The summed E-state index contributed by atoms with van der Waals surface area (Å²) in [6, 6.07) is 4.83. The normalized spacial score (nSPS) is 18.1. The minimum absolute atomic E-state index is 0.205. The number of primary amides is 1. The van der Waals surface area contributed by atoms with Crippen LogP contribution in [0.4, 0.5) is 10.1 Å². The Kier molecular flexibility index (Phi) is 4.60. The van der Waals surface area contributed by atoms with Gasteiger partial charge in [0.05, 0.1) is 5.69 Å². The maximum Gasteiger partial charge on any atom is 0.217 e. The molecule has 1 aliphatic rings. The second-order valence-corrected chi connectivity index (χ2v) is 5.57. The SMILES string of the molecule is C[C@@H](N)c1cccc(F)c1N1CCC(CC(N)=O)CC1. The van der Waals surface area contributed by atoms with Crippen molar-refractivity contribution in [2.75, 3.05) is 18.0 Å². The third-order valence-corrected chi connectivity index (χ3v) is 3.93. The average molecular weight is 279 g/mol. The van der Waals surface area contributed by atoms with Gasteiger partial charge in [-0.2, -0.15) is 0 Å². The van der Waals surface area contributed by atoms with E-state index in [0.717, 1.165) is 31.5 Å². The molecule has 1 atom stereocenters. The van der Waals surface area contributed by atoms with Crippen molar-refractivity contribution in [3.05, 3.63) is 29.6 Å². The molecule has 0 aromatic heterocycles. The molecule has 20 heavy (non-hydrogen) atoms. The van der Waals surface area contributed by atoms with Gasteiger partial charge in [-0.05, 0) is 37.3 Å². The van der Waals surface area contributed by atoms with Gasteiger partial charge in [-0.25, -0.2) is 4.39 Å². The number of para-hydroxylation sites is 1. The summed E-state index contributed by atoms with van der Waals surface area (Å²) in [6.07, 6.45) is 2.14. The molecule has 5 heteroatoms. The van der Waals surface area contributed by atoms with E-state index in [1.165, 1.54) is 6.07 Å². The summed E-state index contributed by atoms with van der Waals surface area (Å²) >= 11 is 0. The lowest BCUT2D eigenvalue weighted by Crippen LogP contribution is -2.36. The molecule has 1 heterocycles. The molecule has 1 aromatic rings. The van der Waals surface area contributed by atoms with Crippen molar-refractivity contribution in [2.24, 2.45) is 17.4 Å². The zero-order valence-electron chi connectivity index (χ0n) is 11.8. The zero-order chi connectivity index (χ0) is 14.7. The molecule has 1 fully saturated rings. The number of amides is 1. The zero-order valence-corrected chi connectivity index (χ0v) is 11.8. The Balaban J connectivity index is 2.12. The molecule has 4 N–H and O–H groups in total. The molecule has 1 amide bonds. The van der Waals surface area contributed by atoms with Crippen LogP contribution >= 0.6 is 0 Å². The van der Waals surface area contributed by atoms with E-state index in [4.69, 9.17) is 11.5 Å². The highest BCUT2D eigenvalue weighted by Crippen LogP contribution is 2.32. The Labute approximate surface area is 118 Å². The number of rotatable bonds is 4. The van der Waals surface area contributed by atoms with Crippen LogP contribution in [0.3, 0.4) is 0 Å². The van der Waals surface area contributed by atoms with Gasteiger partial charge in [0.25, 0.3) is 0 Å². The van der Waals surface area contributed by atoms with Gasteiger partial charge in [-0.1, -0.05) is 12.1 Å². The van der Waals surface area contributed by atoms with Gasteiger partial charge in [0.1, 0.15) is 5.82 Å². The van der Waals surface area contributed by atoms with Crippen molar-refractivity contribution in [3.8, 4) is 0 Å². The van der Waals surface area contributed by atoms with E-state index in [0.29, 0.717) is 18.0 Å². The maximum atomic E-state index is 14.1. The Morgan fingerprint density at radius 1 is 1.45 bits per heavy atom. The van der Waals surface area contributed by atoms with E-state index >= 15 is 0 Å². The number of hydrogen-bond acceptors (Lipinski definition) is 3. The first-order valence-corrected chi connectivity index (χ1v) is 7.06. The molecule has 0 saturated carbocycles. The summed E-state index contributed by atoms with van der Waals surface area (Å²) in [4.78, 5) is 13.0. The number of anilines is 1. The molecule has 0 radical (unpaired) electrons. The molecule has 1 saturated heterocycles. The number of nitrogens with two attached hydrogens (primary N) is 2. The first-order valence-electron chi connectivity index (χ1n) is 7.06. The molecule has 110 valence electrons. The van der Waals surface area contributed by atoms with Crippen LogP contribution < -0.4 is 16.4 Å². The lowest BCUT2D eigenvalue weighted by molar-refractivity contribution is -0.119. The van der Waals surface area contributed by atoms with Crippen LogP contribution in [0.1, 0.15) is 37.8 Å². The first-order chi connectivity index (χ1) is 9.49. The lowest BCUT2D eigenvalue weighted by atomic mass is 9.92. The summed E-state index contributed by atoms with van der Waals surface area (Å²) in [7, 11) is 0. The van der Waals surface area contributed by atoms with Crippen molar-refractivity contribution in [3.63, 3.8) is 0 Å². The highest BCUT2D eigenvalue weighted by atomic mass is 19.1. The predicted molar refractivity (Wildman–Crippen MR) is 77.8 cm³/mol. The van der Waals surface area contributed by atoms with Crippen molar-refractivity contribution in [2.45, 2.75) is 32.2 Å². The minimum Gasteiger partial charge on any atom is -0.370 e. The number of halogens is 1. The second-order valence-electron chi connectivity index (χ2n) is 5.57. The van der Waals surface area contributed by atoms with Crippen molar-refractivity contribution < 1.29 is 9.18 Å². The van der Waals surface area contributed by atoms with Gasteiger partial charge >= 0.3 is 0 Å². The fourth-order valence-electron chi connectivity index (χ4n) is 2.88. The Hall–Kier alpha value is -1.62. The lowest BCUT2D eigenvalue weighted by Gasteiger charge is -2.35. The van der Waals surface area contributed by atoms with Gasteiger partial charge in [-0.15, -0.1) is 0 Å². The Bertz CT molecular complexity index is 482. The predicted octanol–water partition coefficient (Wildman–Crippen LogP) is 1.94. The largest absolute Gasteiger partial charge is 0.370 e. The maximum absolute atomic E-state index is 14.1. The number of piperidine rings is 1. The summed E-state index contributed by atoms with van der Waals surface area (Å²) in [5, 5.41) is 0. The van der Waals surface area contributed by atoms with Crippen LogP contribution in [-0.2, 0) is 4.79 Å². The monoisotopic (exact) mass is 279 g/mol. The fourth-order valence-corrected chi connectivity index (χ4v) is 2.88. The number of carbonyl (C=O) groups excluding carboxylic acids is 1. The van der Waals surface area contributed by atoms with Gasteiger partial charge in [-0.3, -0.25) is 4.79 Å². The molecule has 0 bridgehead atoms. The van der Waals surface area contributed by atoms with Crippen LogP contribution in [0.2, 0.25) is 0 Å².